The lowest BCUT2D eigenvalue weighted by atomic mass is 9.80. The van der Waals surface area contributed by atoms with Crippen LogP contribution in [0.15, 0.2) is 43.0 Å². The van der Waals surface area contributed by atoms with Crippen LogP contribution in [0, 0.1) is 11.2 Å². The zero-order chi connectivity index (χ0) is 17.8. The number of rotatable bonds is 3. The summed E-state index contributed by atoms with van der Waals surface area (Å²) in [5, 5.41) is 0. The molecule has 1 spiro atoms. The Kier molecular flexibility index (Phi) is 5.13. The first-order valence-corrected chi connectivity index (χ1v) is 9.27. The topological polar surface area (TPSA) is 41.5 Å². The highest BCUT2D eigenvalue weighted by atomic mass is 19.1. The van der Waals surface area contributed by atoms with Gasteiger partial charge < -0.3 is 9.64 Å². The number of hydrogen-bond donors (Lipinski definition) is 0. The molecule has 2 aromatic rings. The van der Waals surface area contributed by atoms with Gasteiger partial charge in [-0.05, 0) is 37.1 Å². The fourth-order valence-electron chi connectivity index (χ4n) is 4.21. The van der Waals surface area contributed by atoms with Crippen molar-refractivity contribution in [3.05, 3.63) is 54.4 Å². The molecule has 0 bridgehead atoms. The van der Waals surface area contributed by atoms with Crippen molar-refractivity contribution >= 4 is 5.69 Å². The number of hydrogen-bond acceptors (Lipinski definition) is 5. The van der Waals surface area contributed by atoms with Crippen LogP contribution >= 0.6 is 0 Å². The number of nitrogens with zero attached hydrogens (tertiary/aromatic N) is 4. The van der Waals surface area contributed by atoms with Crippen molar-refractivity contribution in [3.63, 3.8) is 0 Å². The fourth-order valence-corrected chi connectivity index (χ4v) is 4.21. The van der Waals surface area contributed by atoms with E-state index in [1.54, 1.807) is 18.5 Å². The summed E-state index contributed by atoms with van der Waals surface area (Å²) in [6.45, 7) is 6.28. The second-order valence-electron chi connectivity index (χ2n) is 7.51. The normalized spacial score (nSPS) is 24.6. The number of aromatic nitrogens is 2. The van der Waals surface area contributed by atoms with E-state index in [1.807, 2.05) is 24.5 Å². The third-order valence-corrected chi connectivity index (χ3v) is 5.41. The molecule has 6 heteroatoms. The van der Waals surface area contributed by atoms with Gasteiger partial charge in [0.25, 0.3) is 0 Å². The van der Waals surface area contributed by atoms with E-state index in [2.05, 4.69) is 19.8 Å². The van der Waals surface area contributed by atoms with Crippen LogP contribution in [0.1, 0.15) is 18.4 Å². The van der Waals surface area contributed by atoms with E-state index in [-0.39, 0.29) is 11.2 Å². The maximum Gasteiger partial charge on any atom is 0.123 e. The lowest BCUT2D eigenvalue weighted by Gasteiger charge is -2.44. The molecule has 4 rings (SSSR count). The first-order valence-electron chi connectivity index (χ1n) is 9.27. The Morgan fingerprint density at radius 1 is 1.08 bits per heavy atom. The highest BCUT2D eigenvalue weighted by Gasteiger charge is 2.39. The third kappa shape index (κ3) is 4.02. The molecule has 26 heavy (non-hydrogen) atoms. The molecule has 2 aliphatic rings. The quantitative estimate of drug-likeness (QED) is 0.846. The molecule has 1 aromatic heterocycles. The maximum absolute atomic E-state index is 13.2. The van der Waals surface area contributed by atoms with Gasteiger partial charge in [-0.1, -0.05) is 12.1 Å². The van der Waals surface area contributed by atoms with Crippen LogP contribution in [-0.4, -0.2) is 54.3 Å². The molecule has 2 aliphatic heterocycles. The van der Waals surface area contributed by atoms with Crippen molar-refractivity contribution in [2.24, 2.45) is 5.41 Å². The van der Waals surface area contributed by atoms with E-state index in [1.165, 1.54) is 0 Å². The lowest BCUT2D eigenvalue weighted by molar-refractivity contribution is 0.0106. The number of piperidine rings is 1. The Morgan fingerprint density at radius 2 is 1.88 bits per heavy atom. The minimum absolute atomic E-state index is 0.116. The predicted octanol–water partition coefficient (Wildman–Crippen LogP) is 2.73. The molecule has 138 valence electrons. The van der Waals surface area contributed by atoms with E-state index in [0.717, 1.165) is 70.0 Å². The molecule has 5 nitrogen and oxygen atoms in total. The molecule has 0 radical (unpaired) electrons. The van der Waals surface area contributed by atoms with Crippen molar-refractivity contribution in [3.8, 4) is 0 Å². The summed E-state index contributed by atoms with van der Waals surface area (Å²) in [4.78, 5) is 13.2. The first kappa shape index (κ1) is 17.4. The van der Waals surface area contributed by atoms with Gasteiger partial charge >= 0.3 is 0 Å². The number of anilines is 1. The maximum atomic E-state index is 13.2. The first-order chi connectivity index (χ1) is 12.7. The second kappa shape index (κ2) is 7.68. The second-order valence-corrected chi connectivity index (χ2v) is 7.51. The molecule has 0 saturated carbocycles. The van der Waals surface area contributed by atoms with Gasteiger partial charge in [-0.25, -0.2) is 14.4 Å². The summed E-state index contributed by atoms with van der Waals surface area (Å²) in [7, 11) is 0. The molecular weight excluding hydrogens is 331 g/mol. The van der Waals surface area contributed by atoms with E-state index < -0.39 is 0 Å². The molecule has 0 amide bonds. The molecular formula is C20H25FN4O. The molecule has 3 heterocycles. The van der Waals surface area contributed by atoms with Crippen molar-refractivity contribution in [1.82, 2.24) is 14.9 Å². The molecule has 2 saturated heterocycles. The van der Waals surface area contributed by atoms with Crippen LogP contribution in [0.25, 0.3) is 0 Å². The van der Waals surface area contributed by atoms with Crippen LogP contribution in [-0.2, 0) is 11.3 Å². The summed E-state index contributed by atoms with van der Waals surface area (Å²) < 4.78 is 19.1. The number of halogens is 1. The van der Waals surface area contributed by atoms with Crippen LogP contribution in [0.5, 0.6) is 0 Å². The van der Waals surface area contributed by atoms with Crippen LogP contribution in [0.4, 0.5) is 10.1 Å². The van der Waals surface area contributed by atoms with E-state index in [9.17, 15) is 4.39 Å². The monoisotopic (exact) mass is 356 g/mol. The van der Waals surface area contributed by atoms with Crippen LogP contribution in [0.3, 0.4) is 0 Å². The van der Waals surface area contributed by atoms with Crippen molar-refractivity contribution in [1.29, 1.82) is 0 Å². The minimum atomic E-state index is -0.179. The van der Waals surface area contributed by atoms with E-state index >= 15 is 0 Å². The van der Waals surface area contributed by atoms with Crippen molar-refractivity contribution in [2.45, 2.75) is 19.4 Å². The summed E-state index contributed by atoms with van der Waals surface area (Å²) in [5.74, 6) is -0.179. The molecule has 2 fully saturated rings. The Labute approximate surface area is 153 Å². The Hall–Kier alpha value is -2.05. The van der Waals surface area contributed by atoms with Crippen molar-refractivity contribution < 1.29 is 9.13 Å². The smallest absolute Gasteiger partial charge is 0.123 e. The molecule has 1 unspecified atom stereocenters. The highest BCUT2D eigenvalue weighted by molar-refractivity contribution is 5.42. The Morgan fingerprint density at radius 3 is 2.69 bits per heavy atom. The minimum Gasteiger partial charge on any atom is -0.379 e. The summed E-state index contributed by atoms with van der Waals surface area (Å²) in [5.41, 5.74) is 2.34. The zero-order valence-electron chi connectivity index (χ0n) is 15.0. The van der Waals surface area contributed by atoms with E-state index in [4.69, 9.17) is 4.74 Å². The average Bonchev–Trinajstić information content (AvgIpc) is 2.87. The van der Waals surface area contributed by atoms with Gasteiger partial charge in [0.2, 0.25) is 0 Å². The van der Waals surface area contributed by atoms with Gasteiger partial charge in [0.1, 0.15) is 12.1 Å². The van der Waals surface area contributed by atoms with Gasteiger partial charge in [-0.3, -0.25) is 4.90 Å². The molecule has 1 atom stereocenters. The Bertz CT molecular complexity index is 712. The SMILES string of the molecule is Fc1ccc(CN2CCCC3(COCCN(c4cncnc4)C3)C2)cc1. The third-order valence-electron chi connectivity index (χ3n) is 5.41. The number of benzene rings is 1. The van der Waals surface area contributed by atoms with Gasteiger partial charge in [-0.2, -0.15) is 0 Å². The highest BCUT2D eigenvalue weighted by Crippen LogP contribution is 2.34. The van der Waals surface area contributed by atoms with Crippen LogP contribution < -0.4 is 4.90 Å². The Balaban J connectivity index is 1.48. The average molecular weight is 356 g/mol. The van der Waals surface area contributed by atoms with E-state index in [0.29, 0.717) is 0 Å². The van der Waals surface area contributed by atoms with Gasteiger partial charge in [0.15, 0.2) is 0 Å². The lowest BCUT2D eigenvalue weighted by Crippen LogP contribution is -2.50. The molecule has 0 N–H and O–H groups in total. The summed E-state index contributed by atoms with van der Waals surface area (Å²) >= 11 is 0. The number of ether oxygens (including phenoxy) is 1. The molecule has 0 aliphatic carbocycles. The predicted molar refractivity (Wildman–Crippen MR) is 98.4 cm³/mol. The van der Waals surface area contributed by atoms with Crippen LogP contribution in [0.2, 0.25) is 0 Å². The van der Waals surface area contributed by atoms with Gasteiger partial charge in [0, 0.05) is 31.6 Å². The number of likely N-dealkylation sites (tertiary alicyclic amines) is 1. The standard InChI is InChI=1S/C20H25FN4O/c21-18-4-2-17(3-5-18)12-24-7-1-6-20(13-24)14-25(8-9-26-15-20)19-10-22-16-23-11-19/h2-5,10-11,16H,1,6-9,12-15H2. The fraction of sp³-hybridized carbons (Fsp3) is 0.500. The summed E-state index contributed by atoms with van der Waals surface area (Å²) in [6, 6.07) is 6.85. The van der Waals surface area contributed by atoms with Gasteiger partial charge in [-0.15, -0.1) is 0 Å². The van der Waals surface area contributed by atoms with Gasteiger partial charge in [0.05, 0.1) is 31.3 Å². The molecule has 1 aromatic carbocycles. The summed E-state index contributed by atoms with van der Waals surface area (Å²) in [6.07, 6.45) is 7.65. The largest absolute Gasteiger partial charge is 0.379 e. The van der Waals surface area contributed by atoms with Crippen molar-refractivity contribution in [2.75, 3.05) is 44.3 Å². The zero-order valence-corrected chi connectivity index (χ0v) is 15.0.